The minimum atomic E-state index is -0.475. The summed E-state index contributed by atoms with van der Waals surface area (Å²) in [6.45, 7) is 6.90. The Morgan fingerprint density at radius 1 is 1.06 bits per heavy atom. The molecule has 7 nitrogen and oxygen atoms in total. The molecule has 0 aliphatic carbocycles. The molecule has 0 unspecified atom stereocenters. The molecule has 0 saturated heterocycles. The summed E-state index contributed by atoms with van der Waals surface area (Å²) in [5.74, 6) is 0.216. The highest BCUT2D eigenvalue weighted by molar-refractivity contribution is 5.95. The van der Waals surface area contributed by atoms with Crippen molar-refractivity contribution in [3.63, 3.8) is 0 Å². The van der Waals surface area contributed by atoms with Crippen LogP contribution in [0.5, 0.6) is 5.75 Å². The van der Waals surface area contributed by atoms with Crippen LogP contribution in [0.2, 0.25) is 0 Å². The molecule has 0 N–H and O–H groups in total. The molecule has 0 spiro atoms. The fourth-order valence-corrected chi connectivity index (χ4v) is 3.95. The number of nitrogens with zero attached hydrogens (tertiary/aromatic N) is 3. The lowest BCUT2D eigenvalue weighted by Gasteiger charge is -2.28. The first-order valence-electron chi connectivity index (χ1n) is 10.7. The van der Waals surface area contributed by atoms with Crippen LogP contribution >= 0.6 is 0 Å². The normalized spacial score (nSPS) is 12.9. The van der Waals surface area contributed by atoms with Crippen molar-refractivity contribution in [3.8, 4) is 11.4 Å². The number of rotatable bonds is 5. The van der Waals surface area contributed by atoms with Crippen molar-refractivity contribution in [2.24, 2.45) is 0 Å². The average Bonchev–Trinajstić information content (AvgIpc) is 3.19. The molecule has 32 heavy (non-hydrogen) atoms. The van der Waals surface area contributed by atoms with Gasteiger partial charge in [0.25, 0.3) is 5.91 Å². The molecular formula is C25H27N3O4. The molecule has 2 heterocycles. The molecule has 1 amide bonds. The van der Waals surface area contributed by atoms with E-state index in [2.05, 4.69) is 5.10 Å². The van der Waals surface area contributed by atoms with Crippen molar-refractivity contribution < 1.29 is 19.1 Å². The van der Waals surface area contributed by atoms with Crippen molar-refractivity contribution in [1.82, 2.24) is 14.7 Å². The van der Waals surface area contributed by atoms with Crippen LogP contribution in [-0.4, -0.2) is 46.8 Å². The highest BCUT2D eigenvalue weighted by atomic mass is 16.5. The van der Waals surface area contributed by atoms with Crippen LogP contribution in [0, 0.1) is 13.8 Å². The molecule has 0 saturated carbocycles. The van der Waals surface area contributed by atoms with Gasteiger partial charge in [0.2, 0.25) is 0 Å². The summed E-state index contributed by atoms with van der Waals surface area (Å²) in [5, 5.41) is 4.59. The summed E-state index contributed by atoms with van der Waals surface area (Å²) in [6.07, 6.45) is 0.588. The highest BCUT2D eigenvalue weighted by Gasteiger charge is 2.31. The largest absolute Gasteiger partial charge is 0.497 e. The predicted octanol–water partition coefficient (Wildman–Crippen LogP) is 3.87. The third-order valence-corrected chi connectivity index (χ3v) is 5.88. The second-order valence-electron chi connectivity index (χ2n) is 7.88. The third-order valence-electron chi connectivity index (χ3n) is 5.88. The second kappa shape index (κ2) is 8.86. The molecule has 0 fully saturated rings. The van der Waals surface area contributed by atoms with E-state index in [9.17, 15) is 9.59 Å². The smallest absolute Gasteiger partial charge is 0.359 e. The van der Waals surface area contributed by atoms with Gasteiger partial charge in [0, 0.05) is 24.1 Å². The van der Waals surface area contributed by atoms with E-state index in [1.54, 1.807) is 23.6 Å². The van der Waals surface area contributed by atoms with E-state index in [0.29, 0.717) is 25.1 Å². The van der Waals surface area contributed by atoms with E-state index in [0.717, 1.165) is 33.8 Å². The fourth-order valence-electron chi connectivity index (χ4n) is 3.95. The third kappa shape index (κ3) is 3.98. The van der Waals surface area contributed by atoms with Crippen LogP contribution in [0.4, 0.5) is 0 Å². The maximum atomic E-state index is 13.2. The van der Waals surface area contributed by atoms with E-state index in [4.69, 9.17) is 9.47 Å². The Morgan fingerprint density at radius 2 is 1.81 bits per heavy atom. The molecule has 0 bridgehead atoms. The number of hydrogen-bond donors (Lipinski definition) is 0. The molecule has 166 valence electrons. The number of ether oxygens (including phenoxy) is 2. The predicted molar refractivity (Wildman–Crippen MR) is 120 cm³/mol. The molecule has 2 aromatic carbocycles. The highest BCUT2D eigenvalue weighted by Crippen LogP contribution is 2.28. The van der Waals surface area contributed by atoms with E-state index < -0.39 is 5.97 Å². The topological polar surface area (TPSA) is 73.7 Å². The Bertz CT molecular complexity index is 1160. The number of fused-ring (bicyclic) bond motifs is 1. The van der Waals surface area contributed by atoms with Gasteiger partial charge in [0.05, 0.1) is 31.6 Å². The van der Waals surface area contributed by atoms with Gasteiger partial charge in [-0.05, 0) is 68.3 Å². The van der Waals surface area contributed by atoms with Crippen molar-refractivity contribution in [1.29, 1.82) is 0 Å². The number of benzene rings is 2. The van der Waals surface area contributed by atoms with Gasteiger partial charge in [-0.1, -0.05) is 6.07 Å². The number of amides is 1. The molecular weight excluding hydrogens is 406 g/mol. The lowest BCUT2D eigenvalue weighted by atomic mass is 10.0. The van der Waals surface area contributed by atoms with Gasteiger partial charge in [-0.3, -0.25) is 4.79 Å². The lowest BCUT2D eigenvalue weighted by Crippen LogP contribution is -2.36. The Morgan fingerprint density at radius 3 is 2.47 bits per heavy atom. The number of aromatic nitrogens is 2. The van der Waals surface area contributed by atoms with Crippen molar-refractivity contribution in [2.75, 3.05) is 20.3 Å². The van der Waals surface area contributed by atoms with Crippen molar-refractivity contribution in [3.05, 3.63) is 76.1 Å². The molecule has 0 radical (unpaired) electrons. The maximum Gasteiger partial charge on any atom is 0.359 e. The Balaban J connectivity index is 1.70. The zero-order chi connectivity index (χ0) is 22.8. The van der Waals surface area contributed by atoms with E-state index in [1.807, 2.05) is 56.3 Å². The molecule has 3 aromatic rings. The number of methoxy groups -OCH3 is 1. The van der Waals surface area contributed by atoms with E-state index in [1.165, 1.54) is 0 Å². The summed E-state index contributed by atoms with van der Waals surface area (Å²) in [7, 11) is 1.62. The number of aryl methyl sites for hydroxylation is 2. The monoisotopic (exact) mass is 433 g/mol. The molecule has 1 aromatic heterocycles. The van der Waals surface area contributed by atoms with Crippen molar-refractivity contribution >= 4 is 11.9 Å². The van der Waals surface area contributed by atoms with Crippen LogP contribution < -0.4 is 4.74 Å². The number of hydrogen-bond acceptors (Lipinski definition) is 5. The molecule has 0 atom stereocenters. The van der Waals surface area contributed by atoms with Crippen molar-refractivity contribution in [2.45, 2.75) is 33.7 Å². The van der Waals surface area contributed by atoms with Gasteiger partial charge in [0.1, 0.15) is 5.75 Å². The number of esters is 1. The standard InChI is InChI=1S/C25H27N3O4/c1-5-32-25(30)23-21-15-27(24(29)18-7-6-16(2)17(3)14-18)13-12-22(21)28(26-23)19-8-10-20(31-4)11-9-19/h6-11,14H,5,12-13,15H2,1-4H3. The SMILES string of the molecule is CCOC(=O)c1nn(-c2ccc(OC)cc2)c2c1CN(C(=O)c1ccc(C)c(C)c1)CC2. The summed E-state index contributed by atoms with van der Waals surface area (Å²) in [6, 6.07) is 13.2. The second-order valence-corrected chi connectivity index (χ2v) is 7.88. The zero-order valence-corrected chi connectivity index (χ0v) is 18.8. The van der Waals surface area contributed by atoms with Gasteiger partial charge in [-0.15, -0.1) is 0 Å². The van der Waals surface area contributed by atoms with Gasteiger partial charge in [-0.25, -0.2) is 9.48 Å². The molecule has 1 aliphatic heterocycles. The minimum absolute atomic E-state index is 0.0502. The molecule has 7 heteroatoms. The minimum Gasteiger partial charge on any atom is -0.497 e. The lowest BCUT2D eigenvalue weighted by molar-refractivity contribution is 0.0513. The fraction of sp³-hybridized carbons (Fsp3) is 0.320. The van der Waals surface area contributed by atoms with Crippen LogP contribution in [0.15, 0.2) is 42.5 Å². The first-order valence-corrected chi connectivity index (χ1v) is 10.7. The van der Waals surface area contributed by atoms with Gasteiger partial charge in [-0.2, -0.15) is 5.10 Å². The van der Waals surface area contributed by atoms with Gasteiger partial charge < -0.3 is 14.4 Å². The van der Waals surface area contributed by atoms with Crippen LogP contribution in [0.3, 0.4) is 0 Å². The summed E-state index contributed by atoms with van der Waals surface area (Å²) in [5.41, 5.74) is 5.62. The average molecular weight is 434 g/mol. The first-order chi connectivity index (χ1) is 15.4. The molecule has 1 aliphatic rings. The van der Waals surface area contributed by atoms with Crippen LogP contribution in [0.25, 0.3) is 5.69 Å². The van der Waals surface area contributed by atoms with E-state index in [-0.39, 0.29) is 18.2 Å². The summed E-state index contributed by atoms with van der Waals surface area (Å²) >= 11 is 0. The van der Waals surface area contributed by atoms with Crippen LogP contribution in [-0.2, 0) is 17.7 Å². The number of carbonyl (C=O) groups is 2. The first kappa shape index (κ1) is 21.6. The summed E-state index contributed by atoms with van der Waals surface area (Å²) in [4.78, 5) is 27.6. The molecule has 4 rings (SSSR count). The van der Waals surface area contributed by atoms with E-state index >= 15 is 0 Å². The number of carbonyl (C=O) groups excluding carboxylic acids is 2. The Kier molecular flexibility index (Phi) is 5.99. The summed E-state index contributed by atoms with van der Waals surface area (Å²) < 4.78 is 12.3. The van der Waals surface area contributed by atoms with Gasteiger partial charge in [0.15, 0.2) is 5.69 Å². The zero-order valence-electron chi connectivity index (χ0n) is 18.8. The maximum absolute atomic E-state index is 13.2. The Hall–Kier alpha value is -3.61. The quantitative estimate of drug-likeness (QED) is 0.571. The van der Waals surface area contributed by atoms with Crippen LogP contribution in [0.1, 0.15) is 50.2 Å². The van der Waals surface area contributed by atoms with Gasteiger partial charge >= 0.3 is 5.97 Å². The Labute approximate surface area is 187 Å².